The van der Waals surface area contributed by atoms with Crippen LogP contribution in [-0.4, -0.2) is 36.6 Å². The lowest BCUT2D eigenvalue weighted by atomic mass is 9.88. The van der Waals surface area contributed by atoms with Crippen molar-refractivity contribution in [3.63, 3.8) is 0 Å². The maximum absolute atomic E-state index is 12.4. The summed E-state index contributed by atoms with van der Waals surface area (Å²) in [6.45, 7) is 5.03. The highest BCUT2D eigenvalue weighted by Gasteiger charge is 2.21. The monoisotopic (exact) mass is 384 g/mol. The molecule has 1 aliphatic carbocycles. The van der Waals surface area contributed by atoms with Crippen molar-refractivity contribution in [2.75, 3.05) is 19.7 Å². The van der Waals surface area contributed by atoms with Crippen LogP contribution in [0.5, 0.6) is 0 Å². The number of nitrogens with zero attached hydrogens (tertiary/aromatic N) is 1. The number of furan rings is 1. The second kappa shape index (κ2) is 11.0. The fourth-order valence-corrected chi connectivity index (χ4v) is 3.82. The summed E-state index contributed by atoms with van der Waals surface area (Å²) in [5.74, 6) is 1.50. The smallest absolute Gasteiger partial charge is 0.234 e. The van der Waals surface area contributed by atoms with E-state index >= 15 is 0 Å². The topological polar surface area (TPSA) is 54.7 Å². The molecule has 0 spiro atoms. The Labute approximate surface area is 168 Å². The molecule has 2 atom stereocenters. The van der Waals surface area contributed by atoms with E-state index in [0.717, 1.165) is 12.2 Å². The van der Waals surface area contributed by atoms with Crippen molar-refractivity contribution in [3.05, 3.63) is 60.1 Å². The van der Waals surface area contributed by atoms with Crippen LogP contribution in [0.25, 0.3) is 0 Å². The minimum absolute atomic E-state index is 0.0165. The third kappa shape index (κ3) is 6.80. The predicted molar refractivity (Wildman–Crippen MR) is 110 cm³/mol. The number of ether oxygens (including phenoxy) is 1. The lowest BCUT2D eigenvalue weighted by Gasteiger charge is -2.28. The van der Waals surface area contributed by atoms with E-state index in [4.69, 9.17) is 9.15 Å². The van der Waals surface area contributed by atoms with Crippen molar-refractivity contribution < 1.29 is 13.9 Å². The summed E-state index contributed by atoms with van der Waals surface area (Å²) in [6, 6.07) is 14.0. The first-order valence-corrected chi connectivity index (χ1v) is 10.4. The van der Waals surface area contributed by atoms with E-state index in [0.29, 0.717) is 44.8 Å². The molecule has 2 aromatic rings. The van der Waals surface area contributed by atoms with Crippen LogP contribution in [0.1, 0.15) is 43.9 Å². The van der Waals surface area contributed by atoms with E-state index in [9.17, 15) is 4.79 Å². The number of hydrogen-bond acceptors (Lipinski definition) is 4. The molecule has 0 aliphatic heterocycles. The van der Waals surface area contributed by atoms with Gasteiger partial charge < -0.3 is 14.5 Å². The molecule has 5 nitrogen and oxygen atoms in total. The number of amides is 1. The summed E-state index contributed by atoms with van der Waals surface area (Å²) in [7, 11) is 0. The van der Waals surface area contributed by atoms with Gasteiger partial charge in [0, 0.05) is 13.1 Å². The zero-order valence-electron chi connectivity index (χ0n) is 16.8. The zero-order valence-corrected chi connectivity index (χ0v) is 16.8. The molecule has 28 heavy (non-hydrogen) atoms. The Balaban J connectivity index is 1.43. The minimum Gasteiger partial charge on any atom is -0.468 e. The van der Waals surface area contributed by atoms with Crippen LogP contribution in [0.4, 0.5) is 0 Å². The molecule has 152 valence electrons. The maximum atomic E-state index is 12.4. The van der Waals surface area contributed by atoms with E-state index < -0.39 is 0 Å². The molecule has 1 amide bonds. The van der Waals surface area contributed by atoms with Crippen LogP contribution in [-0.2, 0) is 22.6 Å². The molecule has 0 bridgehead atoms. The first kappa shape index (κ1) is 20.6. The standard InChI is InChI=1S/C23H32N2O3/c1-19-8-5-6-12-22(19)28-15-13-24-23(26)18-25(17-21-11-7-14-27-21)16-20-9-3-2-4-10-20/h2-4,7,9-11,14,19,22H,5-6,8,12-13,15-18H2,1H3,(H,24,26). The molecular formula is C23H32N2O3. The fraction of sp³-hybridized carbons (Fsp3) is 0.522. The molecule has 0 saturated heterocycles. The molecule has 1 heterocycles. The third-order valence-corrected chi connectivity index (χ3v) is 5.36. The number of benzene rings is 1. The normalized spacial score (nSPS) is 19.6. The van der Waals surface area contributed by atoms with Crippen molar-refractivity contribution in [3.8, 4) is 0 Å². The van der Waals surface area contributed by atoms with E-state index in [1.54, 1.807) is 6.26 Å². The molecule has 3 rings (SSSR count). The average Bonchev–Trinajstić information content (AvgIpc) is 3.20. The zero-order chi connectivity index (χ0) is 19.6. The molecule has 2 unspecified atom stereocenters. The average molecular weight is 385 g/mol. The highest BCUT2D eigenvalue weighted by Crippen LogP contribution is 2.25. The maximum Gasteiger partial charge on any atom is 0.234 e. The quantitative estimate of drug-likeness (QED) is 0.629. The largest absolute Gasteiger partial charge is 0.468 e. The van der Waals surface area contributed by atoms with Crippen molar-refractivity contribution in [2.45, 2.75) is 51.8 Å². The van der Waals surface area contributed by atoms with Crippen molar-refractivity contribution >= 4 is 5.91 Å². The molecule has 1 aromatic heterocycles. The summed E-state index contributed by atoms with van der Waals surface area (Å²) >= 11 is 0. The lowest BCUT2D eigenvalue weighted by Crippen LogP contribution is -2.38. The summed E-state index contributed by atoms with van der Waals surface area (Å²) in [5.41, 5.74) is 1.18. The first-order valence-electron chi connectivity index (χ1n) is 10.4. The summed E-state index contributed by atoms with van der Waals surface area (Å²) in [4.78, 5) is 14.5. The van der Waals surface area contributed by atoms with Gasteiger partial charge in [0.25, 0.3) is 0 Å². The van der Waals surface area contributed by atoms with Gasteiger partial charge in [-0.2, -0.15) is 0 Å². The van der Waals surface area contributed by atoms with Gasteiger partial charge in [-0.3, -0.25) is 9.69 Å². The van der Waals surface area contributed by atoms with E-state index in [1.165, 1.54) is 24.8 Å². The Morgan fingerprint density at radius 3 is 2.71 bits per heavy atom. The summed E-state index contributed by atoms with van der Waals surface area (Å²) < 4.78 is 11.5. The van der Waals surface area contributed by atoms with Crippen LogP contribution in [0.15, 0.2) is 53.1 Å². The highest BCUT2D eigenvalue weighted by atomic mass is 16.5. The minimum atomic E-state index is 0.0165. The van der Waals surface area contributed by atoms with Gasteiger partial charge in [0.15, 0.2) is 0 Å². The number of nitrogens with one attached hydrogen (secondary N) is 1. The van der Waals surface area contributed by atoms with E-state index in [-0.39, 0.29) is 5.91 Å². The predicted octanol–water partition coefficient (Wildman–Crippen LogP) is 3.99. The van der Waals surface area contributed by atoms with Crippen LogP contribution in [0, 0.1) is 5.92 Å². The number of hydrogen-bond donors (Lipinski definition) is 1. The van der Waals surface area contributed by atoms with Crippen molar-refractivity contribution in [1.82, 2.24) is 10.2 Å². The van der Waals surface area contributed by atoms with Crippen molar-refractivity contribution in [1.29, 1.82) is 0 Å². The van der Waals surface area contributed by atoms with Gasteiger partial charge in [-0.05, 0) is 36.5 Å². The Morgan fingerprint density at radius 2 is 1.96 bits per heavy atom. The van der Waals surface area contributed by atoms with Gasteiger partial charge in [0.05, 0.1) is 32.1 Å². The number of rotatable bonds is 10. The van der Waals surface area contributed by atoms with Crippen molar-refractivity contribution in [2.24, 2.45) is 5.92 Å². The third-order valence-electron chi connectivity index (χ3n) is 5.36. The van der Waals surface area contributed by atoms with Gasteiger partial charge in [0.2, 0.25) is 5.91 Å². The number of carbonyl (C=O) groups is 1. The SMILES string of the molecule is CC1CCCCC1OCCNC(=O)CN(Cc1ccccc1)Cc1ccco1. The molecule has 1 fully saturated rings. The summed E-state index contributed by atoms with van der Waals surface area (Å²) in [5, 5.41) is 3.00. The Morgan fingerprint density at radius 1 is 1.14 bits per heavy atom. The summed E-state index contributed by atoms with van der Waals surface area (Å²) in [6.07, 6.45) is 6.97. The van der Waals surface area contributed by atoms with Crippen LogP contribution in [0.2, 0.25) is 0 Å². The van der Waals surface area contributed by atoms with Gasteiger partial charge in [-0.15, -0.1) is 0 Å². The highest BCUT2D eigenvalue weighted by molar-refractivity contribution is 5.77. The Bertz CT molecular complexity index is 687. The molecule has 0 radical (unpaired) electrons. The van der Waals surface area contributed by atoms with Gasteiger partial charge in [0.1, 0.15) is 5.76 Å². The second-order valence-corrected chi connectivity index (χ2v) is 7.73. The Hall–Kier alpha value is -2.11. The Kier molecular flexibility index (Phi) is 8.12. The molecule has 1 aromatic carbocycles. The molecule has 1 N–H and O–H groups in total. The fourth-order valence-electron chi connectivity index (χ4n) is 3.82. The number of carbonyl (C=O) groups excluding carboxylic acids is 1. The second-order valence-electron chi connectivity index (χ2n) is 7.73. The first-order chi connectivity index (χ1) is 13.7. The van der Waals surface area contributed by atoms with Crippen LogP contribution >= 0.6 is 0 Å². The molecule has 1 saturated carbocycles. The van der Waals surface area contributed by atoms with E-state index in [1.807, 2.05) is 30.3 Å². The van der Waals surface area contributed by atoms with Crippen LogP contribution in [0.3, 0.4) is 0 Å². The molecule has 1 aliphatic rings. The van der Waals surface area contributed by atoms with E-state index in [2.05, 4.69) is 29.3 Å². The van der Waals surface area contributed by atoms with Gasteiger partial charge >= 0.3 is 0 Å². The van der Waals surface area contributed by atoms with Crippen LogP contribution < -0.4 is 5.32 Å². The molecule has 5 heteroatoms. The molecular weight excluding hydrogens is 352 g/mol. The lowest BCUT2D eigenvalue weighted by molar-refractivity contribution is -0.123. The van der Waals surface area contributed by atoms with Gasteiger partial charge in [-0.1, -0.05) is 50.1 Å². The van der Waals surface area contributed by atoms with Gasteiger partial charge in [-0.25, -0.2) is 0 Å².